The van der Waals surface area contributed by atoms with Crippen molar-refractivity contribution in [2.75, 3.05) is 6.54 Å². The number of hydrogen-bond acceptors (Lipinski definition) is 2. The van der Waals surface area contributed by atoms with E-state index in [4.69, 9.17) is 28.9 Å². The fraction of sp³-hybridized carbons (Fsp3) is 0.533. The van der Waals surface area contributed by atoms with Crippen LogP contribution < -0.4 is 11.1 Å². The van der Waals surface area contributed by atoms with Crippen LogP contribution in [0.5, 0.6) is 0 Å². The Bertz CT molecular complexity index is 474. The lowest BCUT2D eigenvalue weighted by molar-refractivity contribution is -0.122. The second-order valence-electron chi connectivity index (χ2n) is 5.12. The number of carbonyl (C=O) groups is 1. The molecule has 1 aromatic carbocycles. The van der Waals surface area contributed by atoms with Gasteiger partial charge in [-0.1, -0.05) is 43.1 Å². The van der Waals surface area contributed by atoms with Crippen LogP contribution in [0, 0.1) is 0 Å². The summed E-state index contributed by atoms with van der Waals surface area (Å²) in [5, 5.41) is 3.99. The molecule has 21 heavy (non-hydrogen) atoms. The third-order valence-corrected chi connectivity index (χ3v) is 4.64. The summed E-state index contributed by atoms with van der Waals surface area (Å²) >= 11 is 12.1. The highest BCUT2D eigenvalue weighted by Crippen LogP contribution is 2.34. The normalized spacial score (nSPS) is 12.5. The van der Waals surface area contributed by atoms with Crippen molar-refractivity contribution in [3.05, 3.63) is 33.8 Å². The second kappa shape index (κ2) is 8.84. The average molecular weight is 354 g/mol. The van der Waals surface area contributed by atoms with E-state index < -0.39 is 6.04 Å². The van der Waals surface area contributed by atoms with Crippen LogP contribution in [0.3, 0.4) is 0 Å². The van der Waals surface area contributed by atoms with Crippen LogP contribution in [-0.4, -0.2) is 18.5 Å². The topological polar surface area (TPSA) is 55.1 Å². The molecule has 0 aliphatic rings. The SMILES string of the molecule is CCC(CC)(CNC(=O)[C@H](C)N)c1ccc(Cl)c(Cl)c1.Cl. The Hall–Kier alpha value is -0.480. The molecule has 0 aromatic heterocycles. The van der Waals surface area contributed by atoms with Crippen LogP contribution in [0.4, 0.5) is 0 Å². The molecule has 0 saturated carbocycles. The van der Waals surface area contributed by atoms with Crippen LogP contribution in [0.2, 0.25) is 10.0 Å². The molecule has 3 N–H and O–H groups in total. The van der Waals surface area contributed by atoms with Crippen molar-refractivity contribution in [1.82, 2.24) is 5.32 Å². The number of hydrogen-bond donors (Lipinski definition) is 2. The highest BCUT2D eigenvalue weighted by molar-refractivity contribution is 6.42. The van der Waals surface area contributed by atoms with Gasteiger partial charge in [0.25, 0.3) is 0 Å². The molecular weight excluding hydrogens is 331 g/mol. The Kier molecular flexibility index (Phi) is 8.64. The van der Waals surface area contributed by atoms with Gasteiger partial charge in [-0.2, -0.15) is 0 Å². The summed E-state index contributed by atoms with van der Waals surface area (Å²) in [5.74, 6) is -0.142. The lowest BCUT2D eigenvalue weighted by Gasteiger charge is -2.33. The molecule has 1 atom stereocenters. The molecule has 120 valence electrons. The summed E-state index contributed by atoms with van der Waals surface area (Å²) in [5.41, 5.74) is 6.51. The molecule has 0 bridgehead atoms. The minimum Gasteiger partial charge on any atom is -0.354 e. The molecular formula is C15H23Cl3N2O. The summed E-state index contributed by atoms with van der Waals surface area (Å²) < 4.78 is 0. The molecule has 0 fully saturated rings. The summed E-state index contributed by atoms with van der Waals surface area (Å²) in [7, 11) is 0. The Labute approximate surface area is 143 Å². The third-order valence-electron chi connectivity index (χ3n) is 3.90. The first kappa shape index (κ1) is 20.5. The highest BCUT2D eigenvalue weighted by Gasteiger charge is 2.29. The fourth-order valence-electron chi connectivity index (χ4n) is 2.25. The van der Waals surface area contributed by atoms with E-state index >= 15 is 0 Å². The molecule has 1 aromatic rings. The highest BCUT2D eigenvalue weighted by atomic mass is 35.5. The van der Waals surface area contributed by atoms with E-state index in [-0.39, 0.29) is 23.7 Å². The molecule has 0 aliphatic carbocycles. The maximum absolute atomic E-state index is 11.7. The van der Waals surface area contributed by atoms with E-state index in [2.05, 4.69) is 19.2 Å². The lowest BCUT2D eigenvalue weighted by Crippen LogP contribution is -2.45. The van der Waals surface area contributed by atoms with Gasteiger partial charge in [0.15, 0.2) is 0 Å². The molecule has 0 spiro atoms. The quantitative estimate of drug-likeness (QED) is 0.814. The van der Waals surface area contributed by atoms with Gasteiger partial charge >= 0.3 is 0 Å². The van der Waals surface area contributed by atoms with Crippen molar-refractivity contribution < 1.29 is 4.79 Å². The molecule has 0 radical (unpaired) electrons. The van der Waals surface area contributed by atoms with Crippen LogP contribution in [0.1, 0.15) is 39.2 Å². The minimum atomic E-state index is -0.504. The molecule has 0 unspecified atom stereocenters. The Morgan fingerprint density at radius 2 is 1.86 bits per heavy atom. The van der Waals surface area contributed by atoms with Gasteiger partial charge in [-0.05, 0) is 37.5 Å². The van der Waals surface area contributed by atoms with Crippen molar-refractivity contribution in [1.29, 1.82) is 0 Å². The van der Waals surface area contributed by atoms with E-state index in [1.54, 1.807) is 13.0 Å². The molecule has 6 heteroatoms. The van der Waals surface area contributed by atoms with E-state index in [9.17, 15) is 4.79 Å². The third kappa shape index (κ3) is 5.03. The first-order valence-corrected chi connectivity index (χ1v) is 7.60. The smallest absolute Gasteiger partial charge is 0.236 e. The molecule has 0 heterocycles. The summed E-state index contributed by atoms with van der Waals surface area (Å²) in [6.45, 7) is 6.42. The molecule has 1 rings (SSSR count). The van der Waals surface area contributed by atoms with Gasteiger partial charge < -0.3 is 11.1 Å². The maximum atomic E-state index is 11.7. The average Bonchev–Trinajstić information content (AvgIpc) is 2.43. The van der Waals surface area contributed by atoms with Gasteiger partial charge in [0.05, 0.1) is 16.1 Å². The van der Waals surface area contributed by atoms with Crippen molar-refractivity contribution in [2.45, 2.75) is 45.1 Å². The van der Waals surface area contributed by atoms with Gasteiger partial charge in [-0.15, -0.1) is 12.4 Å². The number of rotatable bonds is 6. The monoisotopic (exact) mass is 352 g/mol. The number of nitrogens with one attached hydrogen (secondary N) is 1. The van der Waals surface area contributed by atoms with E-state index in [0.29, 0.717) is 16.6 Å². The van der Waals surface area contributed by atoms with Gasteiger partial charge in [-0.25, -0.2) is 0 Å². The van der Waals surface area contributed by atoms with Crippen LogP contribution >= 0.6 is 35.6 Å². The van der Waals surface area contributed by atoms with Crippen molar-refractivity contribution >= 4 is 41.5 Å². The molecule has 0 aliphatic heterocycles. The second-order valence-corrected chi connectivity index (χ2v) is 5.94. The first-order valence-electron chi connectivity index (χ1n) is 6.85. The van der Waals surface area contributed by atoms with E-state index in [0.717, 1.165) is 18.4 Å². The number of amides is 1. The Balaban J connectivity index is 0.00000400. The summed E-state index contributed by atoms with van der Waals surface area (Å²) in [6.07, 6.45) is 1.78. The van der Waals surface area contributed by atoms with Crippen molar-refractivity contribution in [3.63, 3.8) is 0 Å². The van der Waals surface area contributed by atoms with Crippen molar-refractivity contribution in [2.24, 2.45) is 5.73 Å². The molecule has 1 amide bonds. The summed E-state index contributed by atoms with van der Waals surface area (Å²) in [4.78, 5) is 11.7. The molecule has 0 saturated heterocycles. The number of halogens is 3. The number of carbonyl (C=O) groups excluding carboxylic acids is 1. The van der Waals surface area contributed by atoms with Crippen LogP contribution in [0.15, 0.2) is 18.2 Å². The van der Waals surface area contributed by atoms with Crippen LogP contribution in [0.25, 0.3) is 0 Å². The van der Waals surface area contributed by atoms with Gasteiger partial charge in [0.2, 0.25) is 5.91 Å². The summed E-state index contributed by atoms with van der Waals surface area (Å²) in [6, 6.07) is 5.15. The minimum absolute atomic E-state index is 0. The largest absolute Gasteiger partial charge is 0.354 e. The first-order chi connectivity index (χ1) is 9.36. The van der Waals surface area contributed by atoms with Crippen molar-refractivity contribution in [3.8, 4) is 0 Å². The zero-order valence-corrected chi connectivity index (χ0v) is 14.9. The van der Waals surface area contributed by atoms with Gasteiger partial charge in [-0.3, -0.25) is 4.79 Å². The predicted octanol–water partition coefficient (Wildman–Crippen LogP) is 3.94. The zero-order chi connectivity index (χ0) is 15.3. The Morgan fingerprint density at radius 3 is 2.29 bits per heavy atom. The maximum Gasteiger partial charge on any atom is 0.236 e. The zero-order valence-electron chi connectivity index (χ0n) is 12.6. The van der Waals surface area contributed by atoms with Gasteiger partial charge in [0.1, 0.15) is 0 Å². The Morgan fingerprint density at radius 1 is 1.29 bits per heavy atom. The number of benzene rings is 1. The number of nitrogens with two attached hydrogens (primary N) is 1. The van der Waals surface area contributed by atoms with E-state index in [1.807, 2.05) is 12.1 Å². The standard InChI is InChI=1S/C15H22Cl2N2O.ClH/c1-4-15(5-2,9-19-14(20)10(3)18)11-6-7-12(16)13(17)8-11;/h6-8,10H,4-5,9,18H2,1-3H3,(H,19,20);1H/t10-;/m0./s1. The lowest BCUT2D eigenvalue weighted by atomic mass is 9.75. The molecule has 3 nitrogen and oxygen atoms in total. The van der Waals surface area contributed by atoms with Crippen LogP contribution in [-0.2, 0) is 10.2 Å². The predicted molar refractivity (Wildman–Crippen MR) is 92.6 cm³/mol. The van der Waals surface area contributed by atoms with Gasteiger partial charge in [0, 0.05) is 12.0 Å². The fourth-order valence-corrected chi connectivity index (χ4v) is 2.55. The van der Waals surface area contributed by atoms with E-state index in [1.165, 1.54) is 0 Å².